The van der Waals surface area contributed by atoms with Crippen molar-refractivity contribution in [1.29, 1.82) is 0 Å². The molecule has 1 fully saturated rings. The first kappa shape index (κ1) is 27.1. The van der Waals surface area contributed by atoms with Crippen molar-refractivity contribution < 1.29 is 14.7 Å². The van der Waals surface area contributed by atoms with E-state index in [1.165, 1.54) is 17.4 Å². The number of nitrogens with zero attached hydrogens (tertiary/aromatic N) is 6. The molecule has 202 valence electrons. The summed E-state index contributed by atoms with van der Waals surface area (Å²) in [5.41, 5.74) is 3.18. The molecule has 0 spiro atoms. The zero-order chi connectivity index (χ0) is 27.1. The number of hydrogen-bond acceptors (Lipinski definition) is 5. The summed E-state index contributed by atoms with van der Waals surface area (Å²) in [4.78, 5) is 40.1. The SMILES string of the molecule is CCCN(C(=O)O)c1cccc(Cc2nn(-c3cnn(CCCC(=O)N4CCCCC4)c3)ccc2=O)c1C. The van der Waals surface area contributed by atoms with Gasteiger partial charge in [0.05, 0.1) is 18.1 Å². The Morgan fingerprint density at radius 3 is 2.66 bits per heavy atom. The van der Waals surface area contributed by atoms with Crippen molar-refractivity contribution in [2.24, 2.45) is 0 Å². The molecular weight excluding hydrogens is 484 g/mol. The van der Waals surface area contributed by atoms with E-state index in [1.54, 1.807) is 27.8 Å². The maximum Gasteiger partial charge on any atom is 0.411 e. The number of carboxylic acid groups (broad SMARTS) is 1. The summed E-state index contributed by atoms with van der Waals surface area (Å²) in [5.74, 6) is 0.212. The van der Waals surface area contributed by atoms with E-state index in [-0.39, 0.29) is 17.8 Å². The topological polar surface area (TPSA) is 114 Å². The van der Waals surface area contributed by atoms with Gasteiger partial charge in [0.15, 0.2) is 0 Å². The number of hydrogen-bond donors (Lipinski definition) is 1. The van der Waals surface area contributed by atoms with Gasteiger partial charge in [0.2, 0.25) is 11.3 Å². The molecule has 1 N–H and O–H groups in total. The highest BCUT2D eigenvalue weighted by molar-refractivity contribution is 5.87. The van der Waals surface area contributed by atoms with E-state index < -0.39 is 6.09 Å². The summed E-state index contributed by atoms with van der Waals surface area (Å²) >= 11 is 0. The van der Waals surface area contributed by atoms with Crippen LogP contribution in [-0.2, 0) is 17.8 Å². The van der Waals surface area contributed by atoms with Gasteiger partial charge in [-0.25, -0.2) is 9.48 Å². The third-order valence-electron chi connectivity index (χ3n) is 6.99. The van der Waals surface area contributed by atoms with Crippen molar-refractivity contribution in [1.82, 2.24) is 24.5 Å². The molecule has 10 nitrogen and oxygen atoms in total. The Kier molecular flexibility index (Phi) is 8.93. The molecule has 1 aliphatic rings. The zero-order valence-electron chi connectivity index (χ0n) is 22.2. The first-order valence-electron chi connectivity index (χ1n) is 13.4. The molecular formula is C28H36N6O4. The Morgan fingerprint density at radius 1 is 1.13 bits per heavy atom. The van der Waals surface area contributed by atoms with Crippen LogP contribution in [0, 0.1) is 6.92 Å². The summed E-state index contributed by atoms with van der Waals surface area (Å²) < 4.78 is 3.42. The number of aromatic nitrogens is 4. The minimum absolute atomic E-state index is 0.182. The van der Waals surface area contributed by atoms with E-state index in [9.17, 15) is 19.5 Å². The molecule has 38 heavy (non-hydrogen) atoms. The van der Waals surface area contributed by atoms with E-state index in [4.69, 9.17) is 0 Å². The van der Waals surface area contributed by atoms with Crippen LogP contribution in [0.1, 0.15) is 62.3 Å². The predicted octanol–water partition coefficient (Wildman–Crippen LogP) is 4.02. The van der Waals surface area contributed by atoms with Crippen LogP contribution in [0.2, 0.25) is 0 Å². The number of amides is 2. The van der Waals surface area contributed by atoms with E-state index in [1.807, 2.05) is 37.1 Å². The largest absolute Gasteiger partial charge is 0.465 e. The molecule has 0 bridgehead atoms. The molecule has 0 radical (unpaired) electrons. The van der Waals surface area contributed by atoms with Gasteiger partial charge in [0.1, 0.15) is 11.4 Å². The van der Waals surface area contributed by atoms with Gasteiger partial charge < -0.3 is 10.0 Å². The van der Waals surface area contributed by atoms with Gasteiger partial charge in [-0.1, -0.05) is 19.1 Å². The molecule has 10 heteroatoms. The molecule has 3 aromatic rings. The first-order chi connectivity index (χ1) is 18.4. The van der Waals surface area contributed by atoms with E-state index >= 15 is 0 Å². The van der Waals surface area contributed by atoms with Gasteiger partial charge in [-0.2, -0.15) is 10.2 Å². The lowest BCUT2D eigenvalue weighted by molar-refractivity contribution is -0.132. The fourth-order valence-corrected chi connectivity index (χ4v) is 4.88. The molecule has 0 aliphatic carbocycles. The summed E-state index contributed by atoms with van der Waals surface area (Å²) in [5, 5.41) is 18.6. The second-order valence-corrected chi connectivity index (χ2v) is 9.75. The third-order valence-corrected chi connectivity index (χ3v) is 6.99. The number of carbonyl (C=O) groups excluding carboxylic acids is 1. The van der Waals surface area contributed by atoms with Gasteiger partial charge in [-0.15, -0.1) is 0 Å². The Bertz CT molecular complexity index is 1320. The van der Waals surface area contributed by atoms with Crippen LogP contribution in [0.25, 0.3) is 5.69 Å². The number of rotatable bonds is 10. The number of carbonyl (C=O) groups is 2. The highest BCUT2D eigenvalue weighted by atomic mass is 16.4. The second-order valence-electron chi connectivity index (χ2n) is 9.75. The highest BCUT2D eigenvalue weighted by Gasteiger charge is 2.18. The molecule has 2 aromatic heterocycles. The molecule has 3 heterocycles. The molecule has 1 saturated heterocycles. The normalized spacial score (nSPS) is 13.5. The van der Waals surface area contributed by atoms with Gasteiger partial charge >= 0.3 is 6.09 Å². The van der Waals surface area contributed by atoms with Crippen LogP contribution in [0.3, 0.4) is 0 Å². The van der Waals surface area contributed by atoms with Crippen LogP contribution in [0.4, 0.5) is 10.5 Å². The average Bonchev–Trinajstić information content (AvgIpc) is 3.39. The zero-order valence-corrected chi connectivity index (χ0v) is 22.2. The van der Waals surface area contributed by atoms with Crippen molar-refractivity contribution >= 4 is 17.7 Å². The fourth-order valence-electron chi connectivity index (χ4n) is 4.88. The van der Waals surface area contributed by atoms with Gasteiger partial charge in [-0.05, 0) is 56.2 Å². The molecule has 2 amide bonds. The van der Waals surface area contributed by atoms with E-state index in [2.05, 4.69) is 10.2 Å². The summed E-state index contributed by atoms with van der Waals surface area (Å²) in [6.45, 7) is 6.56. The molecule has 1 aromatic carbocycles. The van der Waals surface area contributed by atoms with Crippen LogP contribution in [0.15, 0.2) is 47.7 Å². The Balaban J connectivity index is 1.44. The molecule has 1 aliphatic heterocycles. The van der Waals surface area contributed by atoms with Crippen LogP contribution in [-0.4, -0.2) is 61.2 Å². The highest BCUT2D eigenvalue weighted by Crippen LogP contribution is 2.25. The molecule has 4 rings (SSSR count). The maximum atomic E-state index is 12.7. The average molecular weight is 521 g/mol. The van der Waals surface area contributed by atoms with Crippen LogP contribution in [0.5, 0.6) is 0 Å². The van der Waals surface area contributed by atoms with Crippen molar-refractivity contribution in [2.45, 2.75) is 65.3 Å². The number of likely N-dealkylation sites (tertiary alicyclic amines) is 1. The van der Waals surface area contributed by atoms with Crippen molar-refractivity contribution in [3.63, 3.8) is 0 Å². The summed E-state index contributed by atoms with van der Waals surface area (Å²) in [7, 11) is 0. The maximum absolute atomic E-state index is 12.7. The van der Waals surface area contributed by atoms with Crippen LogP contribution < -0.4 is 10.3 Å². The lowest BCUT2D eigenvalue weighted by atomic mass is 10.0. The lowest BCUT2D eigenvalue weighted by Crippen LogP contribution is -2.35. The third kappa shape index (κ3) is 6.48. The monoisotopic (exact) mass is 520 g/mol. The predicted molar refractivity (Wildman–Crippen MR) is 145 cm³/mol. The number of anilines is 1. The van der Waals surface area contributed by atoms with Gasteiger partial charge in [0.25, 0.3) is 0 Å². The Hall–Kier alpha value is -3.95. The number of benzene rings is 1. The molecule has 0 saturated carbocycles. The van der Waals surface area contributed by atoms with E-state index in [0.29, 0.717) is 43.7 Å². The number of piperidine rings is 1. The van der Waals surface area contributed by atoms with Crippen molar-refractivity contribution in [3.8, 4) is 5.69 Å². The standard InChI is InChI=1S/C28H36N6O4/c1-3-13-33(28(37)38)25-10-7-9-22(21(25)2)18-24-26(35)12-17-34(30-24)23-19-29-32(20-23)16-8-11-27(36)31-14-5-4-6-15-31/h7,9-10,12,17,19-20H,3-6,8,11,13-16,18H2,1-2H3,(H,37,38). The minimum atomic E-state index is -1.000. The van der Waals surface area contributed by atoms with Gasteiger partial charge in [0, 0.05) is 51.3 Å². The fraction of sp³-hybridized carbons (Fsp3) is 0.464. The number of aryl methyl sites for hydroxylation is 1. The summed E-state index contributed by atoms with van der Waals surface area (Å²) in [6.07, 6.45) is 9.74. The van der Waals surface area contributed by atoms with Crippen molar-refractivity contribution in [2.75, 3.05) is 24.5 Å². The molecule has 0 atom stereocenters. The Morgan fingerprint density at radius 2 is 1.92 bits per heavy atom. The molecule has 0 unspecified atom stereocenters. The lowest BCUT2D eigenvalue weighted by Gasteiger charge is -2.26. The first-order valence-corrected chi connectivity index (χ1v) is 13.4. The quantitative estimate of drug-likeness (QED) is 0.432. The van der Waals surface area contributed by atoms with Crippen molar-refractivity contribution in [3.05, 3.63) is 69.9 Å². The van der Waals surface area contributed by atoms with Crippen LogP contribution >= 0.6 is 0 Å². The smallest absolute Gasteiger partial charge is 0.411 e. The summed E-state index contributed by atoms with van der Waals surface area (Å²) in [6, 6.07) is 6.97. The second kappa shape index (κ2) is 12.5. The van der Waals surface area contributed by atoms with Gasteiger partial charge in [-0.3, -0.25) is 19.2 Å². The van der Waals surface area contributed by atoms with E-state index in [0.717, 1.165) is 42.7 Å². The Labute approximate surface area is 222 Å². The minimum Gasteiger partial charge on any atom is -0.465 e.